The molecule has 3 aromatic rings. The van der Waals surface area contributed by atoms with E-state index in [1.807, 2.05) is 49.1 Å². The van der Waals surface area contributed by atoms with Gasteiger partial charge in [-0.1, -0.05) is 23.6 Å². The molecule has 1 aromatic carbocycles. The maximum atomic E-state index is 5.82. The minimum Gasteiger partial charge on any atom is -0.473 e. The Morgan fingerprint density at radius 2 is 1.70 bits per heavy atom. The van der Waals surface area contributed by atoms with E-state index in [1.54, 1.807) is 11.3 Å². The van der Waals surface area contributed by atoms with Crippen LogP contribution in [0.3, 0.4) is 0 Å². The van der Waals surface area contributed by atoms with Crippen molar-refractivity contribution in [2.45, 2.75) is 6.92 Å². The Bertz CT molecular complexity index is 939. The molecule has 2 aromatic heterocycles. The third kappa shape index (κ3) is 5.76. The van der Waals surface area contributed by atoms with Crippen LogP contribution in [0.5, 0.6) is 5.88 Å². The lowest BCUT2D eigenvalue weighted by Crippen LogP contribution is -2.19. The molecule has 0 bridgehead atoms. The van der Waals surface area contributed by atoms with Crippen molar-refractivity contribution in [3.8, 4) is 17.7 Å². The molecule has 0 saturated carbocycles. The fourth-order valence-corrected chi connectivity index (χ4v) is 2.95. The van der Waals surface area contributed by atoms with E-state index in [0.717, 1.165) is 23.1 Å². The van der Waals surface area contributed by atoms with Gasteiger partial charge in [-0.3, -0.25) is 0 Å². The number of benzene rings is 1. The maximum Gasteiger partial charge on any atom is 0.249 e. The predicted octanol–water partition coefficient (Wildman–Crippen LogP) is 3.36. The third-order valence-corrected chi connectivity index (χ3v) is 4.52. The van der Waals surface area contributed by atoms with Crippen molar-refractivity contribution in [1.82, 2.24) is 14.9 Å². The first kappa shape index (κ1) is 19.3. The van der Waals surface area contributed by atoms with Gasteiger partial charge in [0.1, 0.15) is 17.6 Å². The van der Waals surface area contributed by atoms with Gasteiger partial charge < -0.3 is 14.4 Å². The second-order valence-electron chi connectivity index (χ2n) is 6.40. The number of aryl methyl sites for hydroxylation is 1. The van der Waals surface area contributed by atoms with Crippen LogP contribution in [0.25, 0.3) is 11.0 Å². The first-order chi connectivity index (χ1) is 13.1. The van der Waals surface area contributed by atoms with Crippen LogP contribution in [-0.2, 0) is 4.74 Å². The van der Waals surface area contributed by atoms with Crippen LogP contribution in [0, 0.1) is 18.8 Å². The Balaban J connectivity index is 1.71. The summed E-state index contributed by atoms with van der Waals surface area (Å²) in [6, 6.07) is 8.08. The van der Waals surface area contributed by atoms with E-state index in [4.69, 9.17) is 9.47 Å². The first-order valence-electron chi connectivity index (χ1n) is 8.80. The molecule has 3 rings (SSSR count). The molecule has 0 fully saturated rings. The minimum atomic E-state index is 0.414. The van der Waals surface area contributed by atoms with Crippen LogP contribution in [0.15, 0.2) is 35.0 Å². The lowest BCUT2D eigenvalue weighted by molar-refractivity contribution is 0.0875. The molecular formula is C21H23N3O2S. The van der Waals surface area contributed by atoms with Crippen LogP contribution in [0.4, 0.5) is 0 Å². The average Bonchev–Trinajstić information content (AvgIpc) is 3.10. The van der Waals surface area contributed by atoms with Crippen molar-refractivity contribution < 1.29 is 9.47 Å². The number of thiophene rings is 1. The molecule has 0 amide bonds. The molecule has 6 heteroatoms. The third-order valence-electron chi connectivity index (χ3n) is 3.80. The van der Waals surface area contributed by atoms with Gasteiger partial charge in [-0.25, -0.2) is 9.97 Å². The van der Waals surface area contributed by atoms with E-state index in [-0.39, 0.29) is 0 Å². The second kappa shape index (κ2) is 9.47. The van der Waals surface area contributed by atoms with Crippen molar-refractivity contribution >= 4 is 22.4 Å². The highest BCUT2D eigenvalue weighted by molar-refractivity contribution is 7.09. The number of likely N-dealkylation sites (N-methyl/N-ethyl adjacent to an activating group) is 1. The van der Waals surface area contributed by atoms with Crippen LogP contribution in [-0.4, -0.2) is 55.3 Å². The highest BCUT2D eigenvalue weighted by Crippen LogP contribution is 2.21. The fraction of sp³-hybridized carbons (Fsp3) is 0.333. The number of nitrogens with zero attached hydrogens (tertiary/aromatic N) is 3. The van der Waals surface area contributed by atoms with Crippen molar-refractivity contribution in [2.24, 2.45) is 0 Å². The van der Waals surface area contributed by atoms with E-state index in [1.165, 1.54) is 5.56 Å². The topological polar surface area (TPSA) is 47.5 Å². The Hall–Kier alpha value is -2.46. The zero-order valence-corrected chi connectivity index (χ0v) is 16.7. The summed E-state index contributed by atoms with van der Waals surface area (Å²) in [7, 11) is 4.04. The van der Waals surface area contributed by atoms with E-state index < -0.39 is 0 Å². The van der Waals surface area contributed by atoms with Gasteiger partial charge in [0.2, 0.25) is 5.88 Å². The van der Waals surface area contributed by atoms with Crippen LogP contribution >= 0.6 is 11.3 Å². The molecule has 2 heterocycles. The zero-order chi connectivity index (χ0) is 19.1. The van der Waals surface area contributed by atoms with Gasteiger partial charge in [-0.2, -0.15) is 0 Å². The van der Waals surface area contributed by atoms with Gasteiger partial charge in [0.05, 0.1) is 13.2 Å². The molecule has 0 spiro atoms. The first-order valence-corrected chi connectivity index (χ1v) is 9.74. The molecule has 0 atom stereocenters. The molecule has 27 heavy (non-hydrogen) atoms. The quantitative estimate of drug-likeness (QED) is 0.464. The van der Waals surface area contributed by atoms with E-state index in [0.29, 0.717) is 31.4 Å². The summed E-state index contributed by atoms with van der Waals surface area (Å²) in [4.78, 5) is 11.3. The highest BCUT2D eigenvalue weighted by Gasteiger charge is 2.09. The van der Waals surface area contributed by atoms with Crippen molar-refractivity contribution in [3.05, 3.63) is 51.8 Å². The molecule has 0 aliphatic heterocycles. The normalized spacial score (nSPS) is 10.8. The van der Waals surface area contributed by atoms with Crippen molar-refractivity contribution in [2.75, 3.05) is 40.5 Å². The monoisotopic (exact) mass is 381 g/mol. The van der Waals surface area contributed by atoms with Crippen LogP contribution in [0.2, 0.25) is 0 Å². The predicted molar refractivity (Wildman–Crippen MR) is 109 cm³/mol. The number of fused-ring (bicyclic) bond motifs is 1. The fourth-order valence-electron chi connectivity index (χ4n) is 2.28. The average molecular weight is 382 g/mol. The van der Waals surface area contributed by atoms with Gasteiger partial charge in [-0.05, 0) is 39.1 Å². The minimum absolute atomic E-state index is 0.414. The van der Waals surface area contributed by atoms with E-state index >= 15 is 0 Å². The molecule has 0 radical (unpaired) electrons. The van der Waals surface area contributed by atoms with Gasteiger partial charge >= 0.3 is 0 Å². The van der Waals surface area contributed by atoms with E-state index in [9.17, 15) is 0 Å². The molecule has 5 nitrogen and oxygen atoms in total. The van der Waals surface area contributed by atoms with E-state index in [2.05, 4.69) is 33.6 Å². The Morgan fingerprint density at radius 3 is 2.44 bits per heavy atom. The summed E-state index contributed by atoms with van der Waals surface area (Å²) < 4.78 is 11.4. The van der Waals surface area contributed by atoms with Crippen LogP contribution in [0.1, 0.15) is 16.8 Å². The SMILES string of the molecule is Cc1ccc(C#Cc2nc3cscc3nc2OCCOCCN(C)C)cc1. The number of aromatic nitrogens is 2. The lowest BCUT2D eigenvalue weighted by atomic mass is 10.1. The molecule has 0 saturated heterocycles. The Kier molecular flexibility index (Phi) is 6.77. The molecule has 0 aliphatic rings. The molecule has 0 unspecified atom stereocenters. The molecule has 0 aliphatic carbocycles. The van der Waals surface area contributed by atoms with Crippen molar-refractivity contribution in [1.29, 1.82) is 0 Å². The van der Waals surface area contributed by atoms with Gasteiger partial charge in [0.15, 0.2) is 5.69 Å². The Labute approximate surface area is 164 Å². The second-order valence-corrected chi connectivity index (χ2v) is 7.14. The summed E-state index contributed by atoms with van der Waals surface area (Å²) in [5.74, 6) is 6.70. The smallest absolute Gasteiger partial charge is 0.249 e. The molecule has 140 valence electrons. The Morgan fingerprint density at radius 1 is 0.963 bits per heavy atom. The summed E-state index contributed by atoms with van der Waals surface area (Å²) in [5.41, 5.74) is 4.35. The van der Waals surface area contributed by atoms with Crippen molar-refractivity contribution in [3.63, 3.8) is 0 Å². The highest BCUT2D eigenvalue weighted by atomic mass is 32.1. The number of rotatable bonds is 7. The number of hydrogen-bond donors (Lipinski definition) is 0. The molecular weight excluding hydrogens is 358 g/mol. The summed E-state index contributed by atoms with van der Waals surface area (Å²) in [6.45, 7) is 4.53. The summed E-state index contributed by atoms with van der Waals surface area (Å²) in [5, 5.41) is 3.92. The van der Waals surface area contributed by atoms with Crippen LogP contribution < -0.4 is 4.74 Å². The standard InChI is InChI=1S/C21H23N3O2S/c1-16-4-6-17(7-5-16)8-9-18-21(23-20-15-27-14-19(20)22-18)26-13-12-25-11-10-24(2)3/h4-7,14-15H,10-13H2,1-3H3. The number of hydrogen-bond acceptors (Lipinski definition) is 6. The number of ether oxygens (including phenoxy) is 2. The van der Waals surface area contributed by atoms with Gasteiger partial charge in [0.25, 0.3) is 0 Å². The summed E-state index contributed by atoms with van der Waals surface area (Å²) in [6.07, 6.45) is 0. The maximum absolute atomic E-state index is 5.82. The molecule has 0 N–H and O–H groups in total. The van der Waals surface area contributed by atoms with Gasteiger partial charge in [-0.15, -0.1) is 11.3 Å². The van der Waals surface area contributed by atoms with Gasteiger partial charge in [0, 0.05) is 22.9 Å². The largest absolute Gasteiger partial charge is 0.473 e. The lowest BCUT2D eigenvalue weighted by Gasteiger charge is -2.10. The summed E-state index contributed by atoms with van der Waals surface area (Å²) >= 11 is 1.57. The zero-order valence-electron chi connectivity index (χ0n) is 15.9.